The minimum atomic E-state index is -4.09. The van der Waals surface area contributed by atoms with Crippen molar-refractivity contribution in [2.24, 2.45) is 0 Å². The maximum absolute atomic E-state index is 12.3. The normalized spacial score (nSPS) is 13.7. The van der Waals surface area contributed by atoms with Crippen molar-refractivity contribution in [3.8, 4) is 0 Å². The molecular formula is C14H20F3N. The van der Waals surface area contributed by atoms with Crippen molar-refractivity contribution in [2.75, 3.05) is 6.54 Å². The van der Waals surface area contributed by atoms with Gasteiger partial charge in [0.25, 0.3) is 0 Å². The Hall–Kier alpha value is -1.03. The van der Waals surface area contributed by atoms with Crippen LogP contribution in [0.25, 0.3) is 0 Å². The number of aryl methyl sites for hydroxylation is 2. The van der Waals surface area contributed by atoms with E-state index in [1.165, 1.54) is 0 Å². The Bertz CT molecular complexity index is 385. The first kappa shape index (κ1) is 15.0. The van der Waals surface area contributed by atoms with E-state index in [4.69, 9.17) is 0 Å². The molecule has 1 nitrogen and oxygen atoms in total. The first-order chi connectivity index (χ1) is 8.33. The third-order valence-electron chi connectivity index (χ3n) is 3.10. The number of hydrogen-bond donors (Lipinski definition) is 1. The third kappa shape index (κ3) is 4.69. The van der Waals surface area contributed by atoms with Gasteiger partial charge in [-0.2, -0.15) is 13.2 Å². The standard InChI is InChI=1S/C14H20F3N/c1-4-18-13(7-8-14(15,16)17)12-6-5-10(2)11(3)9-12/h5-6,9,13,18H,4,7-8H2,1-3H3. The molecule has 0 saturated carbocycles. The Morgan fingerprint density at radius 3 is 2.33 bits per heavy atom. The molecule has 1 aromatic rings. The van der Waals surface area contributed by atoms with Crippen LogP contribution in [-0.4, -0.2) is 12.7 Å². The predicted octanol–water partition coefficient (Wildman–Crippen LogP) is 4.30. The summed E-state index contributed by atoms with van der Waals surface area (Å²) in [6.45, 7) is 6.54. The number of halogens is 3. The first-order valence-electron chi connectivity index (χ1n) is 6.20. The summed E-state index contributed by atoms with van der Waals surface area (Å²) in [5.74, 6) is 0. The summed E-state index contributed by atoms with van der Waals surface area (Å²) in [6.07, 6.45) is -4.76. The molecule has 1 rings (SSSR count). The summed E-state index contributed by atoms with van der Waals surface area (Å²) in [6, 6.07) is 5.61. The monoisotopic (exact) mass is 259 g/mol. The van der Waals surface area contributed by atoms with E-state index in [0.717, 1.165) is 16.7 Å². The van der Waals surface area contributed by atoms with Crippen molar-refractivity contribution in [3.63, 3.8) is 0 Å². The van der Waals surface area contributed by atoms with Gasteiger partial charge in [-0.3, -0.25) is 0 Å². The fourth-order valence-corrected chi connectivity index (χ4v) is 1.92. The van der Waals surface area contributed by atoms with E-state index in [-0.39, 0.29) is 12.5 Å². The van der Waals surface area contributed by atoms with Crippen LogP contribution < -0.4 is 5.32 Å². The first-order valence-corrected chi connectivity index (χ1v) is 6.20. The molecule has 1 N–H and O–H groups in total. The third-order valence-corrected chi connectivity index (χ3v) is 3.10. The highest BCUT2D eigenvalue weighted by Gasteiger charge is 2.28. The molecule has 0 aromatic heterocycles. The molecule has 0 fully saturated rings. The lowest BCUT2D eigenvalue weighted by Crippen LogP contribution is -2.23. The van der Waals surface area contributed by atoms with Crippen molar-refractivity contribution in [1.29, 1.82) is 0 Å². The molecule has 0 amide bonds. The van der Waals surface area contributed by atoms with Crippen molar-refractivity contribution < 1.29 is 13.2 Å². The van der Waals surface area contributed by atoms with Crippen LogP contribution in [0.3, 0.4) is 0 Å². The summed E-state index contributed by atoms with van der Waals surface area (Å²) in [7, 11) is 0. The number of alkyl halides is 3. The van der Waals surface area contributed by atoms with E-state index in [1.807, 2.05) is 39.0 Å². The van der Waals surface area contributed by atoms with Gasteiger partial charge in [-0.15, -0.1) is 0 Å². The second-order valence-electron chi connectivity index (χ2n) is 4.61. The molecule has 102 valence electrons. The minimum Gasteiger partial charge on any atom is -0.310 e. The largest absolute Gasteiger partial charge is 0.389 e. The fourth-order valence-electron chi connectivity index (χ4n) is 1.92. The molecule has 0 bridgehead atoms. The molecule has 1 aromatic carbocycles. The van der Waals surface area contributed by atoms with E-state index in [1.54, 1.807) is 0 Å². The Labute approximate surface area is 106 Å². The molecule has 0 aliphatic heterocycles. The van der Waals surface area contributed by atoms with Crippen LogP contribution in [0.2, 0.25) is 0 Å². The number of hydrogen-bond acceptors (Lipinski definition) is 1. The van der Waals surface area contributed by atoms with Crippen LogP contribution in [0, 0.1) is 13.8 Å². The van der Waals surface area contributed by atoms with Gasteiger partial charge in [-0.25, -0.2) is 0 Å². The molecule has 18 heavy (non-hydrogen) atoms. The van der Waals surface area contributed by atoms with Crippen LogP contribution in [0.5, 0.6) is 0 Å². The molecule has 1 atom stereocenters. The molecule has 4 heteroatoms. The maximum atomic E-state index is 12.3. The van der Waals surface area contributed by atoms with Gasteiger partial charge >= 0.3 is 6.18 Å². The zero-order valence-corrected chi connectivity index (χ0v) is 11.1. The zero-order chi connectivity index (χ0) is 13.8. The van der Waals surface area contributed by atoms with Crippen LogP contribution >= 0.6 is 0 Å². The summed E-state index contributed by atoms with van der Waals surface area (Å²) >= 11 is 0. The van der Waals surface area contributed by atoms with Gasteiger partial charge in [0.1, 0.15) is 0 Å². The highest BCUT2D eigenvalue weighted by Crippen LogP contribution is 2.28. The lowest BCUT2D eigenvalue weighted by atomic mass is 9.98. The van der Waals surface area contributed by atoms with Gasteiger partial charge in [-0.1, -0.05) is 25.1 Å². The van der Waals surface area contributed by atoms with E-state index in [0.29, 0.717) is 6.54 Å². The quantitative estimate of drug-likeness (QED) is 0.831. The highest BCUT2D eigenvalue weighted by molar-refractivity contribution is 5.31. The minimum absolute atomic E-state index is 0.0832. The maximum Gasteiger partial charge on any atom is 0.389 e. The molecule has 0 radical (unpaired) electrons. The van der Waals surface area contributed by atoms with E-state index in [2.05, 4.69) is 5.32 Å². The Balaban J connectivity index is 2.80. The van der Waals surface area contributed by atoms with Crippen molar-refractivity contribution in [3.05, 3.63) is 34.9 Å². The van der Waals surface area contributed by atoms with Crippen LogP contribution in [0.15, 0.2) is 18.2 Å². The molecule has 0 spiro atoms. The SMILES string of the molecule is CCNC(CCC(F)(F)F)c1ccc(C)c(C)c1. The number of nitrogens with one attached hydrogen (secondary N) is 1. The summed E-state index contributed by atoms with van der Waals surface area (Å²) in [4.78, 5) is 0. The Morgan fingerprint density at radius 1 is 1.17 bits per heavy atom. The van der Waals surface area contributed by atoms with Gasteiger partial charge in [0.05, 0.1) is 0 Å². The molecule has 0 aliphatic rings. The van der Waals surface area contributed by atoms with Crippen LogP contribution in [0.1, 0.15) is 42.5 Å². The predicted molar refractivity (Wildman–Crippen MR) is 67.6 cm³/mol. The summed E-state index contributed by atoms with van der Waals surface area (Å²) < 4.78 is 36.9. The lowest BCUT2D eigenvalue weighted by Gasteiger charge is -2.20. The van der Waals surface area contributed by atoms with Crippen LogP contribution in [-0.2, 0) is 0 Å². The van der Waals surface area contributed by atoms with Crippen LogP contribution in [0.4, 0.5) is 13.2 Å². The Morgan fingerprint density at radius 2 is 1.83 bits per heavy atom. The van der Waals surface area contributed by atoms with Crippen molar-refractivity contribution >= 4 is 0 Å². The van der Waals surface area contributed by atoms with Crippen molar-refractivity contribution in [1.82, 2.24) is 5.32 Å². The number of benzene rings is 1. The second kappa shape index (κ2) is 6.23. The number of rotatable bonds is 5. The molecular weight excluding hydrogens is 239 g/mol. The fraction of sp³-hybridized carbons (Fsp3) is 0.571. The zero-order valence-electron chi connectivity index (χ0n) is 11.1. The smallest absolute Gasteiger partial charge is 0.310 e. The molecule has 1 unspecified atom stereocenters. The lowest BCUT2D eigenvalue weighted by molar-refractivity contribution is -0.136. The summed E-state index contributed by atoms with van der Waals surface area (Å²) in [5, 5.41) is 3.12. The van der Waals surface area contributed by atoms with Gasteiger partial charge < -0.3 is 5.32 Å². The second-order valence-corrected chi connectivity index (χ2v) is 4.61. The van der Waals surface area contributed by atoms with E-state index < -0.39 is 12.6 Å². The molecule has 0 heterocycles. The summed E-state index contributed by atoms with van der Waals surface area (Å²) in [5.41, 5.74) is 3.21. The van der Waals surface area contributed by atoms with E-state index in [9.17, 15) is 13.2 Å². The van der Waals surface area contributed by atoms with Crippen molar-refractivity contribution in [2.45, 2.75) is 45.8 Å². The average Bonchev–Trinajstić information content (AvgIpc) is 2.27. The van der Waals surface area contributed by atoms with Gasteiger partial charge in [0.2, 0.25) is 0 Å². The molecule has 0 aliphatic carbocycles. The Kier molecular flexibility index (Phi) is 5.20. The van der Waals surface area contributed by atoms with Gasteiger partial charge in [0.15, 0.2) is 0 Å². The van der Waals surface area contributed by atoms with Gasteiger partial charge in [0, 0.05) is 12.5 Å². The highest BCUT2D eigenvalue weighted by atomic mass is 19.4. The average molecular weight is 259 g/mol. The topological polar surface area (TPSA) is 12.0 Å². The van der Waals surface area contributed by atoms with Gasteiger partial charge in [-0.05, 0) is 43.5 Å². The van der Waals surface area contributed by atoms with E-state index >= 15 is 0 Å². The molecule has 0 saturated heterocycles.